The highest BCUT2D eigenvalue weighted by Gasteiger charge is 2.38. The monoisotopic (exact) mass is 437 g/mol. The highest BCUT2D eigenvalue weighted by atomic mass is 32.2. The number of ether oxygens (including phenoxy) is 1. The molecule has 1 aromatic rings. The molecule has 1 saturated carbocycles. The predicted octanol–water partition coefficient (Wildman–Crippen LogP) is 2.12. The normalized spacial score (nSPS) is 20.1. The summed E-state index contributed by atoms with van der Waals surface area (Å²) in [4.78, 5) is 15.2. The van der Waals surface area contributed by atoms with Gasteiger partial charge in [0.25, 0.3) is 0 Å². The second kappa shape index (κ2) is 10.2. The van der Waals surface area contributed by atoms with E-state index in [1.807, 2.05) is 13.0 Å². The summed E-state index contributed by atoms with van der Waals surface area (Å²) in [6.45, 7) is 7.65. The Balaban J connectivity index is 1.51. The van der Waals surface area contributed by atoms with Crippen LogP contribution in [-0.4, -0.2) is 64.2 Å². The molecule has 30 heavy (non-hydrogen) atoms. The fourth-order valence-corrected chi connectivity index (χ4v) is 5.94. The molecule has 0 spiro atoms. The van der Waals surface area contributed by atoms with Crippen molar-refractivity contribution in [2.45, 2.75) is 62.8 Å². The number of rotatable bonds is 8. The van der Waals surface area contributed by atoms with Gasteiger partial charge in [0.05, 0.1) is 18.1 Å². The Morgan fingerprint density at radius 1 is 1.13 bits per heavy atom. The molecule has 0 bridgehead atoms. The largest absolute Gasteiger partial charge is 0.379 e. The van der Waals surface area contributed by atoms with E-state index in [1.54, 1.807) is 19.1 Å². The lowest BCUT2D eigenvalue weighted by Crippen LogP contribution is -2.59. The third-order valence-electron chi connectivity index (χ3n) is 6.36. The van der Waals surface area contributed by atoms with Crippen LogP contribution < -0.4 is 10.0 Å². The fraction of sp³-hybridized carbons (Fsp3) is 0.682. The van der Waals surface area contributed by atoms with Crippen molar-refractivity contribution in [3.63, 3.8) is 0 Å². The van der Waals surface area contributed by atoms with Gasteiger partial charge < -0.3 is 10.1 Å². The van der Waals surface area contributed by atoms with E-state index in [1.165, 1.54) is 19.3 Å². The molecule has 8 heteroatoms. The zero-order valence-electron chi connectivity index (χ0n) is 18.2. The average molecular weight is 438 g/mol. The number of hydrogen-bond acceptors (Lipinski definition) is 5. The van der Waals surface area contributed by atoms with Gasteiger partial charge >= 0.3 is 0 Å². The topological polar surface area (TPSA) is 87.7 Å². The number of carbonyl (C=O) groups is 1. The minimum Gasteiger partial charge on any atom is -0.379 e. The third kappa shape index (κ3) is 5.81. The van der Waals surface area contributed by atoms with Crippen LogP contribution in [0.4, 0.5) is 0 Å². The predicted molar refractivity (Wildman–Crippen MR) is 117 cm³/mol. The first-order valence-corrected chi connectivity index (χ1v) is 12.5. The van der Waals surface area contributed by atoms with Crippen LogP contribution in [0, 0.1) is 13.8 Å². The summed E-state index contributed by atoms with van der Waals surface area (Å²) in [5.74, 6) is -0.114. The molecule has 1 aliphatic carbocycles. The zero-order chi connectivity index (χ0) is 21.6. The first kappa shape index (κ1) is 23.2. The zero-order valence-corrected chi connectivity index (χ0v) is 19.0. The molecule has 2 aliphatic rings. The Hall–Kier alpha value is -1.48. The molecule has 168 valence electrons. The molecule has 0 atom stereocenters. The molecule has 1 aromatic carbocycles. The van der Waals surface area contributed by atoms with E-state index in [0.29, 0.717) is 12.1 Å². The molecule has 0 aromatic heterocycles. The van der Waals surface area contributed by atoms with Gasteiger partial charge in [-0.15, -0.1) is 0 Å². The highest BCUT2D eigenvalue weighted by molar-refractivity contribution is 7.89. The van der Waals surface area contributed by atoms with Crippen LogP contribution in [-0.2, 0) is 19.6 Å². The van der Waals surface area contributed by atoms with Crippen LogP contribution in [0.15, 0.2) is 23.1 Å². The molecule has 0 radical (unpaired) electrons. The maximum absolute atomic E-state index is 12.6. The Kier molecular flexibility index (Phi) is 7.90. The first-order chi connectivity index (χ1) is 14.3. The molecule has 0 unspecified atom stereocenters. The lowest BCUT2D eigenvalue weighted by Gasteiger charge is -2.48. The first-order valence-electron chi connectivity index (χ1n) is 11.0. The number of morpholine rings is 1. The summed E-state index contributed by atoms with van der Waals surface area (Å²) in [5, 5.41) is 3.08. The van der Waals surface area contributed by atoms with Crippen LogP contribution in [0.25, 0.3) is 0 Å². The Morgan fingerprint density at radius 2 is 1.83 bits per heavy atom. The van der Waals surface area contributed by atoms with E-state index in [2.05, 4.69) is 14.9 Å². The molecular formula is C22H35N3O4S. The second-order valence-electron chi connectivity index (χ2n) is 8.58. The molecule has 3 rings (SSSR count). The highest BCUT2D eigenvalue weighted by Crippen LogP contribution is 2.33. The molecule has 1 amide bonds. The number of hydrogen-bond donors (Lipinski definition) is 2. The number of amides is 1. The summed E-state index contributed by atoms with van der Waals surface area (Å²) < 4.78 is 33.2. The number of nitrogens with one attached hydrogen (secondary N) is 2. The van der Waals surface area contributed by atoms with Gasteiger partial charge in [0, 0.05) is 38.1 Å². The summed E-state index contributed by atoms with van der Waals surface area (Å²) in [5.41, 5.74) is 1.59. The number of carbonyl (C=O) groups excluding carboxylic acids is 1. The van der Waals surface area contributed by atoms with Gasteiger partial charge in [-0.1, -0.05) is 31.4 Å². The third-order valence-corrected chi connectivity index (χ3v) is 7.96. The van der Waals surface area contributed by atoms with E-state index in [4.69, 9.17) is 4.74 Å². The van der Waals surface area contributed by atoms with E-state index in [-0.39, 0.29) is 29.3 Å². The molecule has 1 saturated heterocycles. The van der Waals surface area contributed by atoms with E-state index in [9.17, 15) is 13.2 Å². The molecule has 1 heterocycles. The van der Waals surface area contributed by atoms with Crippen molar-refractivity contribution < 1.29 is 17.9 Å². The number of benzene rings is 1. The van der Waals surface area contributed by atoms with Crippen molar-refractivity contribution in [3.05, 3.63) is 29.3 Å². The van der Waals surface area contributed by atoms with Crippen LogP contribution in [0.2, 0.25) is 0 Å². The minimum absolute atomic E-state index is 0.00979. The Morgan fingerprint density at radius 3 is 2.53 bits per heavy atom. The van der Waals surface area contributed by atoms with Crippen molar-refractivity contribution in [2.24, 2.45) is 0 Å². The molecule has 1 aliphatic heterocycles. The SMILES string of the molecule is Cc1ccc(C)c(S(=O)(=O)NCCC(=O)NCC2(N3CCOCC3)CCCCC2)c1. The smallest absolute Gasteiger partial charge is 0.240 e. The van der Waals surface area contributed by atoms with Crippen LogP contribution in [0.1, 0.15) is 49.7 Å². The van der Waals surface area contributed by atoms with E-state index in [0.717, 1.165) is 44.7 Å². The maximum Gasteiger partial charge on any atom is 0.240 e. The van der Waals surface area contributed by atoms with E-state index >= 15 is 0 Å². The summed E-state index contributed by atoms with van der Waals surface area (Å²) >= 11 is 0. The standard InChI is InChI=1S/C22H35N3O4S/c1-18-6-7-19(2)20(16-18)30(27,28)24-11-8-21(26)23-17-22(9-4-3-5-10-22)25-12-14-29-15-13-25/h6-7,16,24H,3-5,8-15,17H2,1-2H3,(H,23,26). The van der Waals surface area contributed by atoms with Crippen molar-refractivity contribution >= 4 is 15.9 Å². The number of aryl methyl sites for hydroxylation is 2. The summed E-state index contributed by atoms with van der Waals surface area (Å²) in [6, 6.07) is 5.34. The van der Waals surface area contributed by atoms with Gasteiger partial charge in [-0.05, 0) is 43.9 Å². The molecule has 2 N–H and O–H groups in total. The van der Waals surface area contributed by atoms with Gasteiger partial charge in [-0.3, -0.25) is 9.69 Å². The number of sulfonamides is 1. The van der Waals surface area contributed by atoms with Crippen molar-refractivity contribution in [1.82, 2.24) is 14.9 Å². The van der Waals surface area contributed by atoms with Crippen molar-refractivity contribution in [3.8, 4) is 0 Å². The maximum atomic E-state index is 12.6. The van der Waals surface area contributed by atoms with Gasteiger partial charge in [0.2, 0.25) is 15.9 Å². The fourth-order valence-electron chi connectivity index (χ4n) is 4.58. The van der Waals surface area contributed by atoms with Crippen molar-refractivity contribution in [2.75, 3.05) is 39.4 Å². The van der Waals surface area contributed by atoms with Gasteiger partial charge in [0.15, 0.2) is 0 Å². The minimum atomic E-state index is -3.63. The van der Waals surface area contributed by atoms with Crippen molar-refractivity contribution in [1.29, 1.82) is 0 Å². The Labute approximate surface area is 180 Å². The van der Waals surface area contributed by atoms with Gasteiger partial charge in [-0.25, -0.2) is 13.1 Å². The quantitative estimate of drug-likeness (QED) is 0.651. The Bertz CT molecular complexity index is 829. The van der Waals surface area contributed by atoms with E-state index < -0.39 is 10.0 Å². The molecule has 7 nitrogen and oxygen atoms in total. The molecular weight excluding hydrogens is 402 g/mol. The summed E-state index contributed by atoms with van der Waals surface area (Å²) in [7, 11) is -3.63. The van der Waals surface area contributed by atoms with Gasteiger partial charge in [-0.2, -0.15) is 0 Å². The molecule has 2 fully saturated rings. The van der Waals surface area contributed by atoms with Crippen LogP contribution in [0.5, 0.6) is 0 Å². The van der Waals surface area contributed by atoms with Crippen LogP contribution >= 0.6 is 0 Å². The second-order valence-corrected chi connectivity index (χ2v) is 10.3. The lowest BCUT2D eigenvalue weighted by atomic mass is 9.79. The van der Waals surface area contributed by atoms with Crippen LogP contribution in [0.3, 0.4) is 0 Å². The lowest BCUT2D eigenvalue weighted by molar-refractivity contribution is -0.122. The average Bonchev–Trinajstić information content (AvgIpc) is 2.75. The summed E-state index contributed by atoms with van der Waals surface area (Å²) in [6.07, 6.45) is 5.92. The number of nitrogens with zero attached hydrogens (tertiary/aromatic N) is 1. The van der Waals surface area contributed by atoms with Gasteiger partial charge in [0.1, 0.15) is 0 Å².